The quantitative estimate of drug-likeness (QED) is 0.606. The largest absolute Gasteiger partial charge is 0.354 e. The molecule has 1 saturated heterocycles. The number of fused-ring (bicyclic) bond motifs is 1. The molecule has 3 aromatic rings. The summed E-state index contributed by atoms with van der Waals surface area (Å²) in [6, 6.07) is 17.3. The van der Waals surface area contributed by atoms with Crippen LogP contribution in [0.3, 0.4) is 0 Å². The fourth-order valence-electron chi connectivity index (χ4n) is 4.11. The van der Waals surface area contributed by atoms with Gasteiger partial charge in [-0.15, -0.1) is 12.4 Å². The number of imidazole rings is 1. The highest BCUT2D eigenvalue weighted by atomic mass is 35.5. The van der Waals surface area contributed by atoms with Crippen molar-refractivity contribution in [3.63, 3.8) is 0 Å². The lowest BCUT2D eigenvalue weighted by molar-refractivity contribution is -0.121. The molecule has 1 amide bonds. The van der Waals surface area contributed by atoms with Gasteiger partial charge >= 0.3 is 0 Å². The van der Waals surface area contributed by atoms with Crippen LogP contribution in [-0.4, -0.2) is 46.0 Å². The van der Waals surface area contributed by atoms with Crippen molar-refractivity contribution in [1.82, 2.24) is 19.8 Å². The van der Waals surface area contributed by atoms with Crippen molar-refractivity contribution in [2.24, 2.45) is 5.73 Å². The lowest BCUT2D eigenvalue weighted by Crippen LogP contribution is -2.46. The minimum absolute atomic E-state index is 0. The molecule has 1 fully saturated rings. The predicted octanol–water partition coefficient (Wildman–Crippen LogP) is 3.27. The molecule has 1 aliphatic heterocycles. The number of carbonyl (C=O) groups is 1. The average molecular weight is 428 g/mol. The molecule has 1 atom stereocenters. The van der Waals surface area contributed by atoms with Crippen molar-refractivity contribution in [2.45, 2.75) is 38.3 Å². The topological polar surface area (TPSA) is 76.2 Å². The molecule has 6 nitrogen and oxygen atoms in total. The Balaban J connectivity index is 0.00000256. The molecular weight excluding hydrogens is 398 g/mol. The average Bonchev–Trinajstić information content (AvgIpc) is 3.18. The molecule has 0 saturated carbocycles. The number of amides is 1. The molecular formula is C23H30ClN5O. The number of para-hydroxylation sites is 2. The molecule has 0 spiro atoms. The van der Waals surface area contributed by atoms with Crippen LogP contribution in [0.5, 0.6) is 0 Å². The van der Waals surface area contributed by atoms with E-state index >= 15 is 0 Å². The van der Waals surface area contributed by atoms with Crippen LogP contribution in [-0.2, 0) is 11.3 Å². The maximum Gasteiger partial charge on any atom is 0.221 e. The lowest BCUT2D eigenvalue weighted by atomic mass is 10.0. The number of piperidine rings is 1. The molecule has 3 N–H and O–H groups in total. The van der Waals surface area contributed by atoms with E-state index in [1.165, 1.54) is 18.4 Å². The van der Waals surface area contributed by atoms with Crippen molar-refractivity contribution in [3.05, 3.63) is 60.4 Å². The van der Waals surface area contributed by atoms with Gasteiger partial charge in [-0.25, -0.2) is 4.98 Å². The van der Waals surface area contributed by atoms with Crippen LogP contribution in [0.4, 0.5) is 0 Å². The van der Waals surface area contributed by atoms with Gasteiger partial charge in [0.25, 0.3) is 0 Å². The molecule has 160 valence electrons. The Hall–Kier alpha value is -2.41. The van der Waals surface area contributed by atoms with E-state index in [4.69, 9.17) is 5.73 Å². The normalized spacial score (nSPS) is 16.9. The Kier molecular flexibility index (Phi) is 7.85. The zero-order valence-corrected chi connectivity index (χ0v) is 18.0. The third-order valence-corrected chi connectivity index (χ3v) is 5.71. The Morgan fingerprint density at radius 3 is 2.73 bits per heavy atom. The molecule has 7 heteroatoms. The van der Waals surface area contributed by atoms with Gasteiger partial charge in [-0.3, -0.25) is 14.3 Å². The summed E-state index contributed by atoms with van der Waals surface area (Å²) in [5, 5.41) is 3.04. The van der Waals surface area contributed by atoms with Gasteiger partial charge in [0.15, 0.2) is 0 Å². The van der Waals surface area contributed by atoms with Gasteiger partial charge in [0.2, 0.25) is 5.91 Å². The van der Waals surface area contributed by atoms with Gasteiger partial charge in [-0.05, 0) is 49.2 Å². The molecule has 4 rings (SSSR count). The third kappa shape index (κ3) is 5.19. The third-order valence-electron chi connectivity index (χ3n) is 5.71. The van der Waals surface area contributed by atoms with E-state index < -0.39 is 0 Å². The second-order valence-electron chi connectivity index (χ2n) is 7.73. The highest BCUT2D eigenvalue weighted by molar-refractivity contribution is 5.85. The number of rotatable bonds is 7. The number of benzene rings is 2. The Bertz CT molecular complexity index is 956. The number of halogens is 1. The molecule has 0 aliphatic carbocycles. The number of carbonyl (C=O) groups excluding carboxylic acids is 1. The first-order valence-electron chi connectivity index (χ1n) is 10.5. The molecule has 30 heavy (non-hydrogen) atoms. The minimum atomic E-state index is 0. The van der Waals surface area contributed by atoms with E-state index in [-0.39, 0.29) is 18.3 Å². The fraction of sp³-hybridized carbons (Fsp3) is 0.391. The SMILES string of the molecule is Cl.NCCC(=O)NCC1CCCCN1Cc1ccc(-n2cnc3ccccc32)cc1. The first-order valence-corrected chi connectivity index (χ1v) is 10.5. The molecule has 0 bridgehead atoms. The summed E-state index contributed by atoms with van der Waals surface area (Å²) in [5.74, 6) is 0.0509. The van der Waals surface area contributed by atoms with E-state index in [1.54, 1.807) is 0 Å². The van der Waals surface area contributed by atoms with Crippen LogP contribution >= 0.6 is 12.4 Å². The predicted molar refractivity (Wildman–Crippen MR) is 123 cm³/mol. The first-order chi connectivity index (χ1) is 14.2. The number of nitrogens with two attached hydrogens (primary N) is 1. The number of likely N-dealkylation sites (tertiary alicyclic amines) is 1. The van der Waals surface area contributed by atoms with Crippen LogP contribution in [0.25, 0.3) is 16.7 Å². The lowest BCUT2D eigenvalue weighted by Gasteiger charge is -2.36. The molecule has 1 unspecified atom stereocenters. The van der Waals surface area contributed by atoms with E-state index in [2.05, 4.69) is 50.1 Å². The molecule has 2 aromatic carbocycles. The minimum Gasteiger partial charge on any atom is -0.354 e. The molecule has 0 radical (unpaired) electrons. The smallest absolute Gasteiger partial charge is 0.221 e. The van der Waals surface area contributed by atoms with Crippen LogP contribution in [0.15, 0.2) is 54.9 Å². The van der Waals surface area contributed by atoms with Gasteiger partial charge in [-0.2, -0.15) is 0 Å². The molecule has 1 aromatic heterocycles. The van der Waals surface area contributed by atoms with E-state index in [9.17, 15) is 4.79 Å². The Labute approximate surface area is 183 Å². The maximum absolute atomic E-state index is 11.8. The number of nitrogens with zero attached hydrogens (tertiary/aromatic N) is 3. The van der Waals surface area contributed by atoms with Gasteiger partial charge in [0, 0.05) is 37.8 Å². The molecule has 2 heterocycles. The second-order valence-corrected chi connectivity index (χ2v) is 7.73. The van der Waals surface area contributed by atoms with Crippen molar-refractivity contribution in [2.75, 3.05) is 19.6 Å². The van der Waals surface area contributed by atoms with Crippen molar-refractivity contribution in [1.29, 1.82) is 0 Å². The van der Waals surface area contributed by atoms with E-state index in [1.807, 2.05) is 24.5 Å². The van der Waals surface area contributed by atoms with Crippen LogP contribution < -0.4 is 11.1 Å². The number of nitrogens with one attached hydrogen (secondary N) is 1. The van der Waals surface area contributed by atoms with E-state index in [0.717, 1.165) is 36.2 Å². The summed E-state index contributed by atoms with van der Waals surface area (Å²) in [5.41, 5.74) is 10.00. The maximum atomic E-state index is 11.8. The number of hydrogen-bond donors (Lipinski definition) is 2. The highest BCUT2D eigenvalue weighted by Gasteiger charge is 2.22. The standard InChI is InChI=1S/C23H29N5O.ClH/c24-13-12-23(29)25-15-20-5-3-4-14-27(20)16-18-8-10-19(11-9-18)28-17-26-21-6-1-2-7-22(21)28;/h1-2,6-11,17,20H,3-5,12-16,24H2,(H,25,29);1H. The van der Waals surface area contributed by atoms with Crippen LogP contribution in [0.1, 0.15) is 31.2 Å². The first kappa shape index (κ1) is 22.3. The summed E-state index contributed by atoms with van der Waals surface area (Å²) in [4.78, 5) is 18.8. The summed E-state index contributed by atoms with van der Waals surface area (Å²) >= 11 is 0. The van der Waals surface area contributed by atoms with Crippen molar-refractivity contribution >= 4 is 29.3 Å². The van der Waals surface area contributed by atoms with Crippen molar-refractivity contribution < 1.29 is 4.79 Å². The monoisotopic (exact) mass is 427 g/mol. The van der Waals surface area contributed by atoms with Gasteiger partial charge in [0.1, 0.15) is 6.33 Å². The highest BCUT2D eigenvalue weighted by Crippen LogP contribution is 2.22. The second kappa shape index (κ2) is 10.6. The van der Waals surface area contributed by atoms with Gasteiger partial charge < -0.3 is 11.1 Å². The summed E-state index contributed by atoms with van der Waals surface area (Å²) in [6.45, 7) is 3.09. The summed E-state index contributed by atoms with van der Waals surface area (Å²) in [6.07, 6.45) is 5.84. The number of aromatic nitrogens is 2. The fourth-order valence-corrected chi connectivity index (χ4v) is 4.11. The van der Waals surface area contributed by atoms with Crippen LogP contribution in [0.2, 0.25) is 0 Å². The summed E-state index contributed by atoms with van der Waals surface area (Å²) < 4.78 is 2.12. The summed E-state index contributed by atoms with van der Waals surface area (Å²) in [7, 11) is 0. The van der Waals surface area contributed by atoms with E-state index in [0.29, 0.717) is 25.6 Å². The van der Waals surface area contributed by atoms with Crippen molar-refractivity contribution in [3.8, 4) is 5.69 Å². The Morgan fingerprint density at radius 2 is 1.93 bits per heavy atom. The zero-order chi connectivity index (χ0) is 20.1. The van der Waals surface area contributed by atoms with Crippen LogP contribution in [0, 0.1) is 0 Å². The zero-order valence-electron chi connectivity index (χ0n) is 17.2. The number of hydrogen-bond acceptors (Lipinski definition) is 4. The van der Waals surface area contributed by atoms with Gasteiger partial charge in [-0.1, -0.05) is 30.7 Å². The molecule has 1 aliphatic rings. The Morgan fingerprint density at radius 1 is 1.13 bits per heavy atom. The van der Waals surface area contributed by atoms with Gasteiger partial charge in [0.05, 0.1) is 11.0 Å².